The van der Waals surface area contributed by atoms with Gasteiger partial charge in [-0.1, -0.05) is 0 Å². The SMILES string of the molecule is Fc1cc(C2CCNC2)cc(F)n1. The molecule has 1 fully saturated rings. The molecule has 2 rings (SSSR count). The first kappa shape index (κ1) is 8.56. The zero-order valence-corrected chi connectivity index (χ0v) is 7.06. The summed E-state index contributed by atoms with van der Waals surface area (Å²) in [6.07, 6.45) is 0.933. The van der Waals surface area contributed by atoms with Crippen LogP contribution in [-0.4, -0.2) is 18.1 Å². The van der Waals surface area contributed by atoms with Gasteiger partial charge in [0.1, 0.15) is 0 Å². The van der Waals surface area contributed by atoms with E-state index in [1.807, 2.05) is 0 Å². The Balaban J connectivity index is 2.28. The first-order chi connectivity index (χ1) is 6.25. The fourth-order valence-corrected chi connectivity index (χ4v) is 1.66. The minimum Gasteiger partial charge on any atom is -0.316 e. The molecule has 4 heteroatoms. The van der Waals surface area contributed by atoms with E-state index in [-0.39, 0.29) is 5.92 Å². The second-order valence-electron chi connectivity index (χ2n) is 3.24. The van der Waals surface area contributed by atoms with Crippen LogP contribution in [0.25, 0.3) is 0 Å². The number of hydrogen-bond donors (Lipinski definition) is 1. The first-order valence-corrected chi connectivity index (χ1v) is 4.29. The van der Waals surface area contributed by atoms with Gasteiger partial charge in [-0.25, -0.2) is 0 Å². The van der Waals surface area contributed by atoms with Gasteiger partial charge in [0.25, 0.3) is 0 Å². The third-order valence-electron chi connectivity index (χ3n) is 2.32. The Hall–Kier alpha value is -1.03. The minimum atomic E-state index is -0.734. The standard InChI is InChI=1S/C9H10F2N2/c10-8-3-7(4-9(11)13-8)6-1-2-12-5-6/h3-4,6,12H,1-2,5H2. The topological polar surface area (TPSA) is 24.9 Å². The molecule has 2 heterocycles. The molecular formula is C9H10F2N2. The van der Waals surface area contributed by atoms with Crippen molar-refractivity contribution in [2.75, 3.05) is 13.1 Å². The Morgan fingerprint density at radius 3 is 2.54 bits per heavy atom. The number of halogens is 2. The van der Waals surface area contributed by atoms with Gasteiger partial charge in [-0.2, -0.15) is 13.8 Å². The Morgan fingerprint density at radius 1 is 1.31 bits per heavy atom. The quantitative estimate of drug-likeness (QED) is 0.668. The van der Waals surface area contributed by atoms with E-state index in [2.05, 4.69) is 10.3 Å². The van der Waals surface area contributed by atoms with Gasteiger partial charge in [0.15, 0.2) is 0 Å². The molecule has 0 bridgehead atoms. The van der Waals surface area contributed by atoms with E-state index in [1.165, 1.54) is 12.1 Å². The molecule has 13 heavy (non-hydrogen) atoms. The van der Waals surface area contributed by atoms with Crippen LogP contribution in [0.3, 0.4) is 0 Å². The van der Waals surface area contributed by atoms with E-state index in [1.54, 1.807) is 0 Å². The molecule has 0 aromatic carbocycles. The zero-order chi connectivity index (χ0) is 9.26. The summed E-state index contributed by atoms with van der Waals surface area (Å²) in [6, 6.07) is 2.61. The van der Waals surface area contributed by atoms with Crippen LogP contribution in [0, 0.1) is 11.9 Å². The number of rotatable bonds is 1. The maximum atomic E-state index is 12.7. The number of pyridine rings is 1. The van der Waals surface area contributed by atoms with Gasteiger partial charge in [0.2, 0.25) is 11.9 Å². The van der Waals surface area contributed by atoms with Gasteiger partial charge in [-0.15, -0.1) is 0 Å². The van der Waals surface area contributed by atoms with Gasteiger partial charge in [0.05, 0.1) is 0 Å². The number of nitrogens with zero attached hydrogens (tertiary/aromatic N) is 1. The number of aromatic nitrogens is 1. The van der Waals surface area contributed by atoms with Crippen LogP contribution in [0.2, 0.25) is 0 Å². The Morgan fingerprint density at radius 2 is 2.00 bits per heavy atom. The van der Waals surface area contributed by atoms with Gasteiger partial charge in [0, 0.05) is 6.54 Å². The summed E-state index contributed by atoms with van der Waals surface area (Å²) in [5, 5.41) is 3.14. The molecule has 1 N–H and O–H groups in total. The van der Waals surface area contributed by atoms with Crippen molar-refractivity contribution < 1.29 is 8.78 Å². The van der Waals surface area contributed by atoms with E-state index < -0.39 is 11.9 Å². The van der Waals surface area contributed by atoms with Crippen molar-refractivity contribution in [2.24, 2.45) is 0 Å². The number of hydrogen-bond acceptors (Lipinski definition) is 2. The Labute approximate surface area is 75.0 Å². The van der Waals surface area contributed by atoms with Crippen LogP contribution in [0.4, 0.5) is 8.78 Å². The summed E-state index contributed by atoms with van der Waals surface area (Å²) in [5.41, 5.74) is 0.704. The van der Waals surface area contributed by atoms with Crippen molar-refractivity contribution >= 4 is 0 Å². The molecule has 1 aromatic rings. The molecule has 0 amide bonds. The highest BCUT2D eigenvalue weighted by Gasteiger charge is 2.18. The van der Waals surface area contributed by atoms with E-state index in [0.717, 1.165) is 19.5 Å². The second-order valence-corrected chi connectivity index (χ2v) is 3.24. The lowest BCUT2D eigenvalue weighted by molar-refractivity contribution is 0.506. The van der Waals surface area contributed by atoms with Crippen molar-refractivity contribution in [1.29, 1.82) is 0 Å². The van der Waals surface area contributed by atoms with E-state index in [4.69, 9.17) is 0 Å². The summed E-state index contributed by atoms with van der Waals surface area (Å²) in [7, 11) is 0. The van der Waals surface area contributed by atoms with Crippen molar-refractivity contribution in [3.8, 4) is 0 Å². The van der Waals surface area contributed by atoms with Crippen molar-refractivity contribution in [3.05, 3.63) is 29.6 Å². The van der Waals surface area contributed by atoms with Gasteiger partial charge in [-0.05, 0) is 36.6 Å². The third-order valence-corrected chi connectivity index (χ3v) is 2.32. The lowest BCUT2D eigenvalue weighted by atomic mass is 10.00. The maximum absolute atomic E-state index is 12.7. The van der Waals surface area contributed by atoms with Crippen LogP contribution in [0.15, 0.2) is 12.1 Å². The largest absolute Gasteiger partial charge is 0.316 e. The van der Waals surface area contributed by atoms with Gasteiger partial charge in [-0.3, -0.25) is 0 Å². The first-order valence-electron chi connectivity index (χ1n) is 4.29. The molecule has 0 spiro atoms. The molecule has 1 unspecified atom stereocenters. The smallest absolute Gasteiger partial charge is 0.215 e. The van der Waals surface area contributed by atoms with E-state index in [0.29, 0.717) is 5.56 Å². The highest BCUT2D eigenvalue weighted by atomic mass is 19.1. The Bertz CT molecular complexity index is 288. The van der Waals surface area contributed by atoms with Crippen molar-refractivity contribution in [2.45, 2.75) is 12.3 Å². The average Bonchev–Trinajstić information content (AvgIpc) is 2.53. The molecule has 1 saturated heterocycles. The average molecular weight is 184 g/mol. The van der Waals surface area contributed by atoms with E-state index >= 15 is 0 Å². The lowest BCUT2D eigenvalue weighted by Crippen LogP contribution is -2.08. The summed E-state index contributed by atoms with van der Waals surface area (Å²) < 4.78 is 25.4. The van der Waals surface area contributed by atoms with Crippen LogP contribution in [0.1, 0.15) is 17.9 Å². The molecular weight excluding hydrogens is 174 g/mol. The zero-order valence-electron chi connectivity index (χ0n) is 7.06. The minimum absolute atomic E-state index is 0.229. The maximum Gasteiger partial charge on any atom is 0.215 e. The molecule has 2 nitrogen and oxygen atoms in total. The highest BCUT2D eigenvalue weighted by Crippen LogP contribution is 2.22. The van der Waals surface area contributed by atoms with Crippen LogP contribution in [-0.2, 0) is 0 Å². The fourth-order valence-electron chi connectivity index (χ4n) is 1.66. The van der Waals surface area contributed by atoms with Gasteiger partial charge >= 0.3 is 0 Å². The van der Waals surface area contributed by atoms with Crippen LogP contribution in [0.5, 0.6) is 0 Å². The summed E-state index contributed by atoms with van der Waals surface area (Å²) in [4.78, 5) is 3.05. The molecule has 0 aliphatic carbocycles. The number of nitrogens with one attached hydrogen (secondary N) is 1. The van der Waals surface area contributed by atoms with E-state index in [9.17, 15) is 8.78 Å². The molecule has 1 atom stereocenters. The molecule has 1 aromatic heterocycles. The highest BCUT2D eigenvalue weighted by molar-refractivity contribution is 5.19. The fraction of sp³-hybridized carbons (Fsp3) is 0.444. The molecule has 0 radical (unpaired) electrons. The van der Waals surface area contributed by atoms with Crippen LogP contribution >= 0.6 is 0 Å². The van der Waals surface area contributed by atoms with Gasteiger partial charge < -0.3 is 5.32 Å². The molecule has 0 saturated carbocycles. The predicted octanol–water partition coefficient (Wildman–Crippen LogP) is 1.44. The van der Waals surface area contributed by atoms with Crippen LogP contribution < -0.4 is 5.32 Å². The summed E-state index contributed by atoms with van der Waals surface area (Å²) >= 11 is 0. The predicted molar refractivity (Wildman–Crippen MR) is 44.4 cm³/mol. The van der Waals surface area contributed by atoms with Crippen molar-refractivity contribution in [3.63, 3.8) is 0 Å². The summed E-state index contributed by atoms with van der Waals surface area (Å²) in [6.45, 7) is 1.71. The van der Waals surface area contributed by atoms with Crippen molar-refractivity contribution in [1.82, 2.24) is 10.3 Å². The molecule has 70 valence electrons. The normalized spacial score (nSPS) is 22.2. The summed E-state index contributed by atoms with van der Waals surface area (Å²) in [5.74, 6) is -1.24. The molecule has 1 aliphatic heterocycles. The Kier molecular flexibility index (Phi) is 2.22. The molecule has 1 aliphatic rings. The second kappa shape index (κ2) is 3.38. The third kappa shape index (κ3) is 1.83. The lowest BCUT2D eigenvalue weighted by Gasteiger charge is -2.07. The monoisotopic (exact) mass is 184 g/mol.